The van der Waals surface area contributed by atoms with E-state index >= 15 is 0 Å². The third kappa shape index (κ3) is 4.63. The second-order valence-electron chi connectivity index (χ2n) is 4.34. The average molecular weight is 346 g/mol. The van der Waals surface area contributed by atoms with Crippen LogP contribution in [0.15, 0.2) is 18.2 Å². The Hall–Kier alpha value is -0.620. The maximum absolute atomic E-state index is 11.7. The van der Waals surface area contributed by atoms with Gasteiger partial charge in [-0.2, -0.15) is 0 Å². The molecule has 0 heterocycles. The summed E-state index contributed by atoms with van der Waals surface area (Å²) in [5.41, 5.74) is 7.55. The number of benzene rings is 1. The lowest BCUT2D eigenvalue weighted by atomic mass is 10.1. The monoisotopic (exact) mass is 346 g/mol. The van der Waals surface area contributed by atoms with Crippen molar-refractivity contribution in [3.63, 3.8) is 0 Å². The first-order valence-corrected chi connectivity index (χ1v) is 6.87. The van der Waals surface area contributed by atoms with Crippen LogP contribution in [0.5, 0.6) is 0 Å². The molecule has 0 radical (unpaired) electrons. The molecule has 94 valence electrons. The summed E-state index contributed by atoms with van der Waals surface area (Å²) in [7, 11) is 0. The summed E-state index contributed by atoms with van der Waals surface area (Å²) in [4.78, 5) is 11.7. The average Bonchev–Trinajstić information content (AvgIpc) is 2.32. The van der Waals surface area contributed by atoms with Crippen LogP contribution in [0.1, 0.15) is 25.3 Å². The van der Waals surface area contributed by atoms with Gasteiger partial charge >= 0.3 is 0 Å². The standard InChI is InChI=1S/C13H19IN2O/c1-9(8-15)6-7-13(17)16-12-5-3-4-11(14)10(12)2/h3-5,9H,6-8,15H2,1-2H3,(H,16,17). The maximum Gasteiger partial charge on any atom is 0.224 e. The van der Waals surface area contributed by atoms with E-state index in [2.05, 4.69) is 34.8 Å². The van der Waals surface area contributed by atoms with E-state index in [1.54, 1.807) is 0 Å². The van der Waals surface area contributed by atoms with Crippen molar-refractivity contribution in [2.45, 2.75) is 26.7 Å². The first kappa shape index (κ1) is 14.4. The van der Waals surface area contributed by atoms with E-state index in [1.807, 2.05) is 25.1 Å². The first-order chi connectivity index (χ1) is 8.04. The van der Waals surface area contributed by atoms with Gasteiger partial charge in [0.2, 0.25) is 5.91 Å². The highest BCUT2D eigenvalue weighted by Crippen LogP contribution is 2.20. The molecule has 0 spiro atoms. The fourth-order valence-corrected chi connectivity index (χ4v) is 1.95. The number of amides is 1. The normalized spacial score (nSPS) is 12.2. The molecule has 1 atom stereocenters. The van der Waals surface area contributed by atoms with Crippen molar-refractivity contribution in [3.05, 3.63) is 27.3 Å². The summed E-state index contributed by atoms with van der Waals surface area (Å²) >= 11 is 2.27. The zero-order chi connectivity index (χ0) is 12.8. The van der Waals surface area contributed by atoms with Gasteiger partial charge in [0.25, 0.3) is 0 Å². The molecule has 17 heavy (non-hydrogen) atoms. The van der Waals surface area contributed by atoms with Gasteiger partial charge in [0.15, 0.2) is 0 Å². The number of rotatable bonds is 5. The Labute approximate surface area is 116 Å². The highest BCUT2D eigenvalue weighted by atomic mass is 127. The van der Waals surface area contributed by atoms with Crippen LogP contribution in [0.25, 0.3) is 0 Å². The van der Waals surface area contributed by atoms with Crippen LogP contribution in [-0.2, 0) is 4.79 Å². The predicted molar refractivity (Wildman–Crippen MR) is 80.0 cm³/mol. The molecule has 1 unspecified atom stereocenters. The highest BCUT2D eigenvalue weighted by molar-refractivity contribution is 14.1. The Morgan fingerprint density at radius 3 is 2.88 bits per heavy atom. The fourth-order valence-electron chi connectivity index (χ4n) is 1.45. The highest BCUT2D eigenvalue weighted by Gasteiger charge is 2.08. The summed E-state index contributed by atoms with van der Waals surface area (Å²) in [5.74, 6) is 0.466. The second kappa shape index (κ2) is 6.96. The SMILES string of the molecule is Cc1c(I)cccc1NC(=O)CCC(C)CN. The summed E-state index contributed by atoms with van der Waals surface area (Å²) in [5, 5.41) is 2.95. The molecule has 0 fully saturated rings. The van der Waals surface area contributed by atoms with Crippen molar-refractivity contribution in [1.82, 2.24) is 0 Å². The van der Waals surface area contributed by atoms with Crippen LogP contribution in [0, 0.1) is 16.4 Å². The van der Waals surface area contributed by atoms with Crippen LogP contribution in [0.4, 0.5) is 5.69 Å². The molecule has 0 saturated carbocycles. The lowest BCUT2D eigenvalue weighted by molar-refractivity contribution is -0.116. The van der Waals surface area contributed by atoms with Gasteiger partial charge < -0.3 is 11.1 Å². The molecule has 3 nitrogen and oxygen atoms in total. The molecule has 1 rings (SSSR count). The van der Waals surface area contributed by atoms with Gasteiger partial charge in [-0.3, -0.25) is 4.79 Å². The number of nitrogens with one attached hydrogen (secondary N) is 1. The minimum absolute atomic E-state index is 0.0652. The van der Waals surface area contributed by atoms with Crippen molar-refractivity contribution >= 4 is 34.2 Å². The molecule has 0 aliphatic rings. The van der Waals surface area contributed by atoms with Crippen LogP contribution in [-0.4, -0.2) is 12.5 Å². The molecular formula is C13H19IN2O. The van der Waals surface area contributed by atoms with Crippen LogP contribution < -0.4 is 11.1 Å². The van der Waals surface area contributed by atoms with Gasteiger partial charge in [0.05, 0.1) is 0 Å². The van der Waals surface area contributed by atoms with Gasteiger partial charge in [-0.1, -0.05) is 13.0 Å². The number of nitrogens with two attached hydrogens (primary N) is 1. The quantitative estimate of drug-likeness (QED) is 0.806. The third-order valence-electron chi connectivity index (χ3n) is 2.81. The predicted octanol–water partition coefficient (Wildman–Crippen LogP) is 2.91. The lowest BCUT2D eigenvalue weighted by Crippen LogP contribution is -2.16. The molecule has 4 heteroatoms. The lowest BCUT2D eigenvalue weighted by Gasteiger charge is -2.11. The number of halogens is 1. The largest absolute Gasteiger partial charge is 0.330 e. The van der Waals surface area contributed by atoms with E-state index in [0.717, 1.165) is 21.2 Å². The molecule has 0 aliphatic carbocycles. The van der Waals surface area contributed by atoms with Gasteiger partial charge in [-0.25, -0.2) is 0 Å². The molecule has 0 bridgehead atoms. The Bertz CT molecular complexity index is 393. The maximum atomic E-state index is 11.7. The van der Waals surface area contributed by atoms with Crippen molar-refractivity contribution < 1.29 is 4.79 Å². The number of carbonyl (C=O) groups is 1. The van der Waals surface area contributed by atoms with E-state index in [4.69, 9.17) is 5.73 Å². The Morgan fingerprint density at radius 1 is 1.53 bits per heavy atom. The van der Waals surface area contributed by atoms with Gasteiger partial charge in [0, 0.05) is 15.7 Å². The fraction of sp³-hybridized carbons (Fsp3) is 0.462. The van der Waals surface area contributed by atoms with E-state index in [0.29, 0.717) is 18.9 Å². The number of hydrogen-bond acceptors (Lipinski definition) is 2. The smallest absolute Gasteiger partial charge is 0.224 e. The van der Waals surface area contributed by atoms with Crippen molar-refractivity contribution in [2.24, 2.45) is 11.7 Å². The second-order valence-corrected chi connectivity index (χ2v) is 5.50. The van der Waals surface area contributed by atoms with Crippen LogP contribution >= 0.6 is 22.6 Å². The van der Waals surface area contributed by atoms with Gasteiger partial charge in [-0.15, -0.1) is 0 Å². The summed E-state index contributed by atoms with van der Waals surface area (Å²) < 4.78 is 1.16. The Balaban J connectivity index is 2.54. The van der Waals surface area contributed by atoms with E-state index in [1.165, 1.54) is 0 Å². The topological polar surface area (TPSA) is 55.1 Å². The summed E-state index contributed by atoms with van der Waals surface area (Å²) in [6.45, 7) is 4.71. The van der Waals surface area contributed by atoms with E-state index < -0.39 is 0 Å². The zero-order valence-electron chi connectivity index (χ0n) is 10.3. The Kier molecular flexibility index (Phi) is 5.91. The molecule has 1 aromatic carbocycles. The molecular weight excluding hydrogens is 327 g/mol. The molecule has 1 aromatic rings. The van der Waals surface area contributed by atoms with Crippen molar-refractivity contribution in [1.29, 1.82) is 0 Å². The molecule has 0 aliphatic heterocycles. The molecule has 0 saturated heterocycles. The van der Waals surface area contributed by atoms with Crippen molar-refractivity contribution in [2.75, 3.05) is 11.9 Å². The number of carbonyl (C=O) groups excluding carboxylic acids is 1. The van der Waals surface area contributed by atoms with Gasteiger partial charge in [0.1, 0.15) is 0 Å². The zero-order valence-corrected chi connectivity index (χ0v) is 12.5. The summed E-state index contributed by atoms with van der Waals surface area (Å²) in [6, 6.07) is 5.91. The summed E-state index contributed by atoms with van der Waals surface area (Å²) in [6.07, 6.45) is 1.37. The first-order valence-electron chi connectivity index (χ1n) is 5.79. The van der Waals surface area contributed by atoms with Crippen LogP contribution in [0.2, 0.25) is 0 Å². The number of hydrogen-bond donors (Lipinski definition) is 2. The van der Waals surface area contributed by atoms with Crippen LogP contribution in [0.3, 0.4) is 0 Å². The van der Waals surface area contributed by atoms with E-state index in [9.17, 15) is 4.79 Å². The molecule has 0 aromatic heterocycles. The minimum atomic E-state index is 0.0652. The van der Waals surface area contributed by atoms with Gasteiger partial charge in [-0.05, 0) is 66.1 Å². The third-order valence-corrected chi connectivity index (χ3v) is 3.98. The molecule has 1 amide bonds. The number of anilines is 1. The minimum Gasteiger partial charge on any atom is -0.330 e. The Morgan fingerprint density at radius 2 is 2.24 bits per heavy atom. The van der Waals surface area contributed by atoms with E-state index in [-0.39, 0.29) is 5.91 Å². The molecule has 3 N–H and O–H groups in total. The van der Waals surface area contributed by atoms with Crippen molar-refractivity contribution in [3.8, 4) is 0 Å².